The second kappa shape index (κ2) is 5.86. The van der Waals surface area contributed by atoms with Crippen LogP contribution in [0.2, 0.25) is 0 Å². The number of carbonyl (C=O) groups excluding carboxylic acids is 1. The van der Waals surface area contributed by atoms with Crippen molar-refractivity contribution < 1.29 is 9.53 Å². The van der Waals surface area contributed by atoms with Gasteiger partial charge in [0.25, 0.3) is 0 Å². The van der Waals surface area contributed by atoms with Crippen LogP contribution in [0.15, 0.2) is 21.7 Å². The number of aromatic nitrogens is 1. The summed E-state index contributed by atoms with van der Waals surface area (Å²) in [7, 11) is 2.88. The number of nitrogens with one attached hydrogen (secondary N) is 1. The van der Waals surface area contributed by atoms with Crippen LogP contribution in [0, 0.1) is 0 Å². The van der Waals surface area contributed by atoms with Crippen molar-refractivity contribution >= 4 is 45.5 Å². The first-order valence-electron chi connectivity index (χ1n) is 4.25. The molecule has 0 spiro atoms. The van der Waals surface area contributed by atoms with Gasteiger partial charge in [-0.25, -0.2) is 9.78 Å². The summed E-state index contributed by atoms with van der Waals surface area (Å²) in [6.07, 6.45) is 1.56. The maximum absolute atomic E-state index is 11.5. The number of aliphatic imine (C=N–C) groups is 1. The normalized spacial score (nSPS) is 11.1. The maximum atomic E-state index is 11.5. The molecule has 0 aliphatic heterocycles. The van der Waals surface area contributed by atoms with Gasteiger partial charge in [-0.2, -0.15) is 0 Å². The van der Waals surface area contributed by atoms with Crippen LogP contribution in [-0.2, 0) is 4.74 Å². The molecule has 0 aliphatic carbocycles. The van der Waals surface area contributed by atoms with E-state index in [-0.39, 0.29) is 0 Å². The molecule has 0 saturated heterocycles. The zero-order chi connectivity index (χ0) is 12.1. The van der Waals surface area contributed by atoms with Crippen LogP contribution in [0.3, 0.4) is 0 Å². The van der Waals surface area contributed by atoms with E-state index in [0.717, 1.165) is 0 Å². The van der Waals surface area contributed by atoms with Crippen molar-refractivity contribution in [3.63, 3.8) is 0 Å². The number of anilines is 1. The number of hydrogen-bond donors (Lipinski definition) is 2. The van der Waals surface area contributed by atoms with Crippen LogP contribution in [-0.4, -0.2) is 30.3 Å². The maximum Gasteiger partial charge on any atom is 0.341 e. The van der Waals surface area contributed by atoms with Crippen LogP contribution < -0.4 is 5.32 Å². The number of thiol groups is 1. The van der Waals surface area contributed by atoms with E-state index in [2.05, 4.69) is 48.6 Å². The van der Waals surface area contributed by atoms with E-state index < -0.39 is 5.97 Å². The molecule has 86 valence electrons. The minimum absolute atomic E-state index is 0.312. The fourth-order valence-corrected chi connectivity index (χ4v) is 1.40. The van der Waals surface area contributed by atoms with Crippen molar-refractivity contribution in [2.24, 2.45) is 4.99 Å². The number of methoxy groups -OCH3 is 1. The number of esters is 1. The number of halogens is 1. The molecule has 0 aliphatic rings. The van der Waals surface area contributed by atoms with Gasteiger partial charge in [-0.05, 0) is 22.0 Å². The Balaban J connectivity index is 3.12. The summed E-state index contributed by atoms with van der Waals surface area (Å²) >= 11 is 7.28. The molecule has 16 heavy (non-hydrogen) atoms. The highest BCUT2D eigenvalue weighted by molar-refractivity contribution is 9.10. The van der Waals surface area contributed by atoms with E-state index in [0.29, 0.717) is 21.0 Å². The summed E-state index contributed by atoms with van der Waals surface area (Å²) in [6, 6.07) is 1.61. The van der Waals surface area contributed by atoms with E-state index in [9.17, 15) is 4.79 Å². The first-order valence-corrected chi connectivity index (χ1v) is 5.49. The average Bonchev–Trinajstić information content (AvgIpc) is 2.30. The van der Waals surface area contributed by atoms with E-state index in [4.69, 9.17) is 0 Å². The molecule has 7 heteroatoms. The quantitative estimate of drug-likeness (QED) is 0.379. The lowest BCUT2D eigenvalue weighted by molar-refractivity contribution is 0.0601. The Labute approximate surface area is 107 Å². The van der Waals surface area contributed by atoms with E-state index in [1.165, 1.54) is 7.11 Å². The first kappa shape index (κ1) is 13.0. The topological polar surface area (TPSA) is 63.6 Å². The van der Waals surface area contributed by atoms with Crippen LogP contribution >= 0.6 is 28.6 Å². The molecule has 0 radical (unpaired) electrons. The monoisotopic (exact) mass is 303 g/mol. The van der Waals surface area contributed by atoms with Crippen molar-refractivity contribution in [1.29, 1.82) is 0 Å². The van der Waals surface area contributed by atoms with Crippen molar-refractivity contribution in [2.75, 3.05) is 19.5 Å². The molecule has 0 saturated carbocycles. The highest BCUT2D eigenvalue weighted by atomic mass is 79.9. The summed E-state index contributed by atoms with van der Waals surface area (Å²) in [5.41, 5.74) is 0.312. The van der Waals surface area contributed by atoms with Crippen LogP contribution in [0.4, 0.5) is 5.82 Å². The number of ether oxygens (including phenoxy) is 1. The van der Waals surface area contributed by atoms with Crippen LogP contribution in [0.5, 0.6) is 0 Å². The van der Waals surface area contributed by atoms with Crippen molar-refractivity contribution in [1.82, 2.24) is 4.98 Å². The third kappa shape index (κ3) is 3.21. The second-order valence-corrected chi connectivity index (χ2v) is 4.05. The number of carbonyl (C=O) groups is 1. The lowest BCUT2D eigenvalue weighted by Crippen LogP contribution is -2.12. The summed E-state index contributed by atoms with van der Waals surface area (Å²) in [6.45, 7) is 0. The van der Waals surface area contributed by atoms with Gasteiger partial charge in [0.2, 0.25) is 0 Å². The van der Waals surface area contributed by atoms with Gasteiger partial charge < -0.3 is 10.1 Å². The SMILES string of the molecule is C/N=C(\S)Nc1ncc(Br)cc1C(=O)OC. The van der Waals surface area contributed by atoms with Gasteiger partial charge >= 0.3 is 5.97 Å². The van der Waals surface area contributed by atoms with E-state index in [1.54, 1.807) is 19.3 Å². The van der Waals surface area contributed by atoms with E-state index >= 15 is 0 Å². The minimum atomic E-state index is -0.478. The third-order valence-electron chi connectivity index (χ3n) is 1.70. The Bertz CT molecular complexity index is 437. The van der Waals surface area contributed by atoms with Crippen LogP contribution in [0.25, 0.3) is 0 Å². The number of pyridine rings is 1. The Morgan fingerprint density at radius 3 is 2.94 bits per heavy atom. The van der Waals surface area contributed by atoms with Gasteiger partial charge in [0.1, 0.15) is 11.4 Å². The Morgan fingerprint density at radius 2 is 2.38 bits per heavy atom. The van der Waals surface area contributed by atoms with Gasteiger partial charge in [0.15, 0.2) is 5.17 Å². The molecule has 1 aromatic rings. The largest absolute Gasteiger partial charge is 0.465 e. The second-order valence-electron chi connectivity index (χ2n) is 2.71. The van der Waals surface area contributed by atoms with Gasteiger partial charge in [-0.1, -0.05) is 0 Å². The minimum Gasteiger partial charge on any atom is -0.465 e. The van der Waals surface area contributed by atoms with Crippen molar-refractivity contribution in [3.8, 4) is 0 Å². The highest BCUT2D eigenvalue weighted by Crippen LogP contribution is 2.19. The van der Waals surface area contributed by atoms with Crippen LogP contribution in [0.1, 0.15) is 10.4 Å². The summed E-state index contributed by atoms with van der Waals surface area (Å²) in [4.78, 5) is 19.3. The molecule has 1 heterocycles. The zero-order valence-corrected chi connectivity index (χ0v) is 11.2. The van der Waals surface area contributed by atoms with E-state index in [1.807, 2.05) is 0 Å². The van der Waals surface area contributed by atoms with Gasteiger partial charge in [-0.3, -0.25) is 4.99 Å². The van der Waals surface area contributed by atoms with Gasteiger partial charge in [0, 0.05) is 17.7 Å². The number of amidine groups is 1. The lowest BCUT2D eigenvalue weighted by Gasteiger charge is -2.08. The smallest absolute Gasteiger partial charge is 0.341 e. The molecule has 0 unspecified atom stereocenters. The predicted molar refractivity (Wildman–Crippen MR) is 69.2 cm³/mol. The highest BCUT2D eigenvalue weighted by Gasteiger charge is 2.14. The lowest BCUT2D eigenvalue weighted by atomic mass is 10.2. The zero-order valence-electron chi connectivity index (χ0n) is 8.69. The fourth-order valence-electron chi connectivity index (χ4n) is 0.966. The predicted octanol–water partition coefficient (Wildman–Crippen LogP) is 1.96. The number of rotatable bonds is 2. The first-order chi connectivity index (χ1) is 7.58. The molecule has 1 N–H and O–H groups in total. The standard InChI is InChI=1S/C9H10BrN3O2S/c1-11-9(16)13-7-6(8(14)15-2)3-5(10)4-12-7/h3-4H,1-2H3,(H2,11,12,13,16). The average molecular weight is 304 g/mol. The summed E-state index contributed by atoms with van der Waals surface area (Å²) < 4.78 is 5.33. The van der Waals surface area contributed by atoms with Gasteiger partial charge in [-0.15, -0.1) is 12.6 Å². The molecule has 0 fully saturated rings. The van der Waals surface area contributed by atoms with Gasteiger partial charge in [0.05, 0.1) is 7.11 Å². The molecular formula is C9H10BrN3O2S. The Kier molecular flexibility index (Phi) is 4.75. The summed E-state index contributed by atoms with van der Waals surface area (Å²) in [5, 5.41) is 3.15. The molecular weight excluding hydrogens is 294 g/mol. The molecule has 5 nitrogen and oxygen atoms in total. The number of hydrogen-bond acceptors (Lipinski definition) is 4. The number of nitrogens with zero attached hydrogens (tertiary/aromatic N) is 2. The van der Waals surface area contributed by atoms with Crippen molar-refractivity contribution in [3.05, 3.63) is 22.3 Å². The molecule has 0 aromatic carbocycles. The third-order valence-corrected chi connectivity index (χ3v) is 2.45. The molecule has 0 bridgehead atoms. The molecule has 1 rings (SSSR count). The molecule has 0 amide bonds. The fraction of sp³-hybridized carbons (Fsp3) is 0.222. The Morgan fingerprint density at radius 1 is 1.69 bits per heavy atom. The molecule has 0 atom stereocenters. The molecule has 1 aromatic heterocycles. The summed E-state index contributed by atoms with van der Waals surface area (Å²) in [5.74, 6) is -0.126. The Hall–Kier alpha value is -1.08. The van der Waals surface area contributed by atoms with Crippen molar-refractivity contribution in [2.45, 2.75) is 0 Å².